The van der Waals surface area contributed by atoms with Crippen molar-refractivity contribution < 1.29 is 19.2 Å². The van der Waals surface area contributed by atoms with Crippen LogP contribution in [0.2, 0.25) is 0 Å². The van der Waals surface area contributed by atoms with E-state index in [2.05, 4.69) is 0 Å². The van der Waals surface area contributed by atoms with Crippen molar-refractivity contribution in [3.8, 4) is 5.75 Å². The number of rotatable bonds is 3. The molecule has 0 radical (unpaired) electrons. The predicted octanol–water partition coefficient (Wildman–Crippen LogP) is 2.91. The largest absolute Gasteiger partial charge is 0.497 e. The van der Waals surface area contributed by atoms with E-state index in [1.54, 1.807) is 18.2 Å². The van der Waals surface area contributed by atoms with E-state index in [0.29, 0.717) is 11.3 Å². The molecule has 0 amide bonds. The Hall–Kier alpha value is -3.28. The van der Waals surface area contributed by atoms with Crippen LogP contribution in [0.4, 0.5) is 5.69 Å². The van der Waals surface area contributed by atoms with Crippen molar-refractivity contribution in [1.82, 2.24) is 0 Å². The molecule has 0 bridgehead atoms. The zero-order chi connectivity index (χ0) is 16.6. The van der Waals surface area contributed by atoms with Gasteiger partial charge in [-0.3, -0.25) is 19.7 Å². The molecule has 3 rings (SSSR count). The fourth-order valence-electron chi connectivity index (χ4n) is 2.51. The summed E-state index contributed by atoms with van der Waals surface area (Å²) in [5.74, 6) is -0.998. The van der Waals surface area contributed by atoms with E-state index < -0.39 is 16.5 Å². The lowest BCUT2D eigenvalue weighted by molar-refractivity contribution is -0.385. The van der Waals surface area contributed by atoms with Crippen molar-refractivity contribution in [3.05, 3.63) is 69.3 Å². The minimum atomic E-state index is -0.764. The Morgan fingerprint density at radius 3 is 2.43 bits per heavy atom. The SMILES string of the molecule is COc1ccc2c(c1)C(=O)C(=O)C(c1ccccc1[N+](=O)[O-])=C2. The van der Waals surface area contributed by atoms with Crippen molar-refractivity contribution in [2.75, 3.05) is 7.11 Å². The minimum Gasteiger partial charge on any atom is -0.497 e. The number of hydrogen-bond donors (Lipinski definition) is 0. The minimum absolute atomic E-state index is 0.0277. The highest BCUT2D eigenvalue weighted by Crippen LogP contribution is 2.34. The van der Waals surface area contributed by atoms with Gasteiger partial charge in [-0.05, 0) is 29.8 Å². The van der Waals surface area contributed by atoms with E-state index in [1.165, 1.54) is 37.5 Å². The number of benzene rings is 2. The molecule has 0 aliphatic heterocycles. The smallest absolute Gasteiger partial charge is 0.277 e. The molecule has 2 aromatic carbocycles. The van der Waals surface area contributed by atoms with Gasteiger partial charge in [-0.15, -0.1) is 0 Å². The van der Waals surface area contributed by atoms with Crippen molar-refractivity contribution in [3.63, 3.8) is 0 Å². The number of fused-ring (bicyclic) bond motifs is 1. The van der Waals surface area contributed by atoms with Crippen LogP contribution in [0, 0.1) is 10.1 Å². The Labute approximate surface area is 131 Å². The number of hydrogen-bond acceptors (Lipinski definition) is 5. The Bertz CT molecular complexity index is 882. The number of nitrogens with zero attached hydrogens (tertiary/aromatic N) is 1. The van der Waals surface area contributed by atoms with Crippen molar-refractivity contribution in [2.45, 2.75) is 0 Å². The lowest BCUT2D eigenvalue weighted by Crippen LogP contribution is -2.21. The van der Waals surface area contributed by atoms with Gasteiger partial charge in [-0.1, -0.05) is 18.2 Å². The van der Waals surface area contributed by atoms with Crippen LogP contribution in [0.25, 0.3) is 11.6 Å². The van der Waals surface area contributed by atoms with Gasteiger partial charge in [0, 0.05) is 17.2 Å². The summed E-state index contributed by atoms with van der Waals surface area (Å²) in [6, 6.07) is 10.7. The summed E-state index contributed by atoms with van der Waals surface area (Å²) in [4.78, 5) is 35.3. The van der Waals surface area contributed by atoms with Crippen LogP contribution in [0.3, 0.4) is 0 Å². The van der Waals surface area contributed by atoms with Gasteiger partial charge in [0.25, 0.3) is 5.69 Å². The zero-order valence-corrected chi connectivity index (χ0v) is 12.1. The number of ketones is 2. The maximum absolute atomic E-state index is 12.4. The van der Waals surface area contributed by atoms with Gasteiger partial charge in [0.1, 0.15) is 5.75 Å². The summed E-state index contributed by atoms with van der Waals surface area (Å²) >= 11 is 0. The number of nitro groups is 1. The number of methoxy groups -OCH3 is 1. The molecule has 1 aliphatic rings. The monoisotopic (exact) mass is 309 g/mol. The van der Waals surface area contributed by atoms with Crippen LogP contribution in [-0.2, 0) is 4.79 Å². The molecule has 114 valence electrons. The molecule has 1 aliphatic carbocycles. The molecule has 0 heterocycles. The first-order chi connectivity index (χ1) is 11.0. The van der Waals surface area contributed by atoms with Gasteiger partial charge in [-0.2, -0.15) is 0 Å². The molecule has 0 atom stereocenters. The molecule has 6 heteroatoms. The third-order valence-corrected chi connectivity index (χ3v) is 3.65. The zero-order valence-electron chi connectivity index (χ0n) is 12.1. The molecule has 23 heavy (non-hydrogen) atoms. The quantitative estimate of drug-likeness (QED) is 0.494. The van der Waals surface area contributed by atoms with E-state index in [9.17, 15) is 19.7 Å². The highest BCUT2D eigenvalue weighted by molar-refractivity contribution is 6.61. The number of carbonyl (C=O) groups excluding carboxylic acids is 2. The van der Waals surface area contributed by atoms with E-state index in [4.69, 9.17) is 4.74 Å². The highest BCUT2D eigenvalue weighted by atomic mass is 16.6. The molecule has 0 aromatic heterocycles. The number of para-hydroxylation sites is 1. The maximum Gasteiger partial charge on any atom is 0.277 e. The predicted molar refractivity (Wildman–Crippen MR) is 83.3 cm³/mol. The van der Waals surface area contributed by atoms with Crippen molar-refractivity contribution in [2.24, 2.45) is 0 Å². The van der Waals surface area contributed by atoms with E-state index in [-0.39, 0.29) is 22.4 Å². The Morgan fingerprint density at radius 1 is 1.00 bits per heavy atom. The van der Waals surface area contributed by atoms with Gasteiger partial charge < -0.3 is 4.74 Å². The number of nitro benzene ring substituents is 1. The average Bonchev–Trinajstić information content (AvgIpc) is 2.57. The molecular weight excluding hydrogens is 298 g/mol. The second-order valence-electron chi connectivity index (χ2n) is 4.94. The van der Waals surface area contributed by atoms with E-state index in [0.717, 1.165) is 0 Å². The molecule has 0 saturated heterocycles. The van der Waals surface area contributed by atoms with Gasteiger partial charge >= 0.3 is 0 Å². The second kappa shape index (κ2) is 5.49. The molecule has 0 unspecified atom stereocenters. The lowest BCUT2D eigenvalue weighted by atomic mass is 9.86. The number of ether oxygens (including phenoxy) is 1. The molecule has 0 saturated carbocycles. The normalized spacial score (nSPS) is 13.3. The summed E-state index contributed by atoms with van der Waals surface area (Å²) in [7, 11) is 1.46. The Kier molecular flexibility index (Phi) is 3.50. The van der Waals surface area contributed by atoms with Gasteiger partial charge in [0.15, 0.2) is 0 Å². The van der Waals surface area contributed by atoms with E-state index in [1.807, 2.05) is 0 Å². The van der Waals surface area contributed by atoms with Crippen molar-refractivity contribution in [1.29, 1.82) is 0 Å². The summed E-state index contributed by atoms with van der Waals surface area (Å²) in [5, 5.41) is 11.1. The van der Waals surface area contributed by atoms with Crippen LogP contribution < -0.4 is 4.74 Å². The van der Waals surface area contributed by atoms with Crippen LogP contribution in [0.15, 0.2) is 42.5 Å². The number of Topliss-reactive ketones (excluding diaryl/α,β-unsaturated/α-hetero) is 2. The first-order valence-electron chi connectivity index (χ1n) is 6.75. The second-order valence-corrected chi connectivity index (χ2v) is 4.94. The highest BCUT2D eigenvalue weighted by Gasteiger charge is 2.31. The molecular formula is C17H11NO5. The van der Waals surface area contributed by atoms with Gasteiger partial charge in [0.05, 0.1) is 17.6 Å². The van der Waals surface area contributed by atoms with Gasteiger partial charge in [0.2, 0.25) is 11.6 Å². The van der Waals surface area contributed by atoms with Crippen LogP contribution in [0.5, 0.6) is 5.75 Å². The summed E-state index contributed by atoms with van der Waals surface area (Å²) in [6.45, 7) is 0. The summed E-state index contributed by atoms with van der Waals surface area (Å²) < 4.78 is 5.05. The molecule has 6 nitrogen and oxygen atoms in total. The topological polar surface area (TPSA) is 86.5 Å². The third-order valence-electron chi connectivity index (χ3n) is 3.65. The fraction of sp³-hybridized carbons (Fsp3) is 0.0588. The number of carbonyl (C=O) groups is 2. The van der Waals surface area contributed by atoms with Crippen LogP contribution in [-0.4, -0.2) is 23.6 Å². The van der Waals surface area contributed by atoms with E-state index >= 15 is 0 Å². The van der Waals surface area contributed by atoms with Gasteiger partial charge in [-0.25, -0.2) is 0 Å². The summed E-state index contributed by atoms with van der Waals surface area (Å²) in [5.41, 5.74) is 0.717. The molecule has 0 fully saturated rings. The first-order valence-corrected chi connectivity index (χ1v) is 6.75. The average molecular weight is 309 g/mol. The fourth-order valence-corrected chi connectivity index (χ4v) is 2.51. The summed E-state index contributed by atoms with van der Waals surface area (Å²) in [6.07, 6.45) is 1.50. The molecule has 0 spiro atoms. The number of allylic oxidation sites excluding steroid dienone is 1. The van der Waals surface area contributed by atoms with Crippen LogP contribution >= 0.6 is 0 Å². The standard InChI is InChI=1S/C17H11NO5/c1-23-11-7-6-10-8-14(17(20)16(19)13(10)9-11)12-4-2-3-5-15(12)18(21)22/h2-9H,1H3. The third kappa shape index (κ3) is 2.40. The first kappa shape index (κ1) is 14.6. The van der Waals surface area contributed by atoms with Crippen LogP contribution in [0.1, 0.15) is 21.5 Å². The molecule has 2 aromatic rings. The van der Waals surface area contributed by atoms with Crippen molar-refractivity contribution >= 4 is 28.9 Å². The lowest BCUT2D eigenvalue weighted by Gasteiger charge is -2.15. The molecule has 0 N–H and O–H groups in total. The Balaban J connectivity index is 2.21. The maximum atomic E-state index is 12.4. The Morgan fingerprint density at radius 2 is 1.74 bits per heavy atom.